The number of hydrogen-bond donors (Lipinski definition) is 2. The van der Waals surface area contributed by atoms with Crippen LogP contribution < -0.4 is 16.0 Å². The molecule has 2 aliphatic heterocycles. The Labute approximate surface area is 111 Å². The number of pyridine rings is 1. The van der Waals surface area contributed by atoms with Crippen molar-refractivity contribution in [2.75, 3.05) is 24.6 Å². The summed E-state index contributed by atoms with van der Waals surface area (Å²) in [7, 11) is 0. The molecule has 1 fully saturated rings. The standard InChI is InChI=1S/C13H18N4O2/c1-8-4-15-5-9-6-19-7-11-12(17(8)9)3-2-10(16-11)13(14)18/h2-3,8-9,15H,4-7H2,1H3,(H2,14,18). The molecule has 6 nitrogen and oxygen atoms in total. The number of anilines is 1. The maximum Gasteiger partial charge on any atom is 0.267 e. The number of carbonyl (C=O) groups excluding carboxylic acids is 1. The first-order chi connectivity index (χ1) is 9.16. The summed E-state index contributed by atoms with van der Waals surface area (Å²) in [5, 5.41) is 3.41. The Morgan fingerprint density at radius 1 is 1.53 bits per heavy atom. The number of carbonyl (C=O) groups is 1. The molecule has 1 amide bonds. The van der Waals surface area contributed by atoms with Crippen LogP contribution in [0.2, 0.25) is 0 Å². The maximum absolute atomic E-state index is 11.2. The van der Waals surface area contributed by atoms with Gasteiger partial charge in [-0.2, -0.15) is 0 Å². The summed E-state index contributed by atoms with van der Waals surface area (Å²) in [4.78, 5) is 17.9. The summed E-state index contributed by atoms with van der Waals surface area (Å²) in [6.45, 7) is 5.11. The number of nitrogens with zero attached hydrogens (tertiary/aromatic N) is 2. The smallest absolute Gasteiger partial charge is 0.267 e. The van der Waals surface area contributed by atoms with Gasteiger partial charge in [0.1, 0.15) is 5.69 Å². The number of nitrogens with two attached hydrogens (primary N) is 1. The van der Waals surface area contributed by atoms with E-state index >= 15 is 0 Å². The zero-order valence-electron chi connectivity index (χ0n) is 10.9. The van der Waals surface area contributed by atoms with Gasteiger partial charge in [0.2, 0.25) is 0 Å². The SMILES string of the molecule is CC1CNCC2COCc3nc(C(N)=O)ccc3N12. The van der Waals surface area contributed by atoms with Crippen LogP contribution in [-0.4, -0.2) is 42.7 Å². The predicted octanol–water partition coefficient (Wildman–Crippen LogP) is -0.123. The number of aromatic nitrogens is 1. The normalized spacial score (nSPS) is 26.3. The van der Waals surface area contributed by atoms with Gasteiger partial charge >= 0.3 is 0 Å². The molecule has 2 aliphatic rings. The van der Waals surface area contributed by atoms with E-state index in [1.807, 2.05) is 6.07 Å². The fourth-order valence-electron chi connectivity index (χ4n) is 2.85. The summed E-state index contributed by atoms with van der Waals surface area (Å²) in [5.74, 6) is -0.503. The van der Waals surface area contributed by atoms with Crippen molar-refractivity contribution in [1.29, 1.82) is 0 Å². The Hall–Kier alpha value is -1.66. The van der Waals surface area contributed by atoms with Gasteiger partial charge in [-0.25, -0.2) is 4.98 Å². The average molecular weight is 262 g/mol. The Morgan fingerprint density at radius 2 is 2.37 bits per heavy atom. The Morgan fingerprint density at radius 3 is 3.16 bits per heavy atom. The number of hydrogen-bond acceptors (Lipinski definition) is 5. The molecular formula is C13H18N4O2. The molecule has 3 rings (SSSR count). The van der Waals surface area contributed by atoms with E-state index in [9.17, 15) is 4.79 Å². The number of primary amides is 1. The molecule has 6 heteroatoms. The first-order valence-corrected chi connectivity index (χ1v) is 6.53. The molecule has 0 spiro atoms. The van der Waals surface area contributed by atoms with E-state index in [0.717, 1.165) is 24.5 Å². The van der Waals surface area contributed by atoms with Crippen molar-refractivity contribution in [2.45, 2.75) is 25.6 Å². The van der Waals surface area contributed by atoms with E-state index in [2.05, 4.69) is 22.1 Å². The predicted molar refractivity (Wildman–Crippen MR) is 71.0 cm³/mol. The maximum atomic E-state index is 11.2. The van der Waals surface area contributed by atoms with E-state index in [1.54, 1.807) is 6.07 Å². The number of ether oxygens (including phenoxy) is 1. The summed E-state index contributed by atoms with van der Waals surface area (Å²) in [6.07, 6.45) is 0. The number of amides is 1. The van der Waals surface area contributed by atoms with Crippen molar-refractivity contribution in [1.82, 2.24) is 10.3 Å². The van der Waals surface area contributed by atoms with Gasteiger partial charge in [-0.15, -0.1) is 0 Å². The highest BCUT2D eigenvalue weighted by molar-refractivity contribution is 5.91. The van der Waals surface area contributed by atoms with Crippen molar-refractivity contribution in [3.8, 4) is 0 Å². The number of fused-ring (bicyclic) bond motifs is 3. The summed E-state index contributed by atoms with van der Waals surface area (Å²) < 4.78 is 5.68. The van der Waals surface area contributed by atoms with Crippen LogP contribution in [0.3, 0.4) is 0 Å². The first kappa shape index (κ1) is 12.4. The highest BCUT2D eigenvalue weighted by Crippen LogP contribution is 2.28. The van der Waals surface area contributed by atoms with Gasteiger partial charge in [0, 0.05) is 19.1 Å². The monoisotopic (exact) mass is 262 g/mol. The lowest BCUT2D eigenvalue weighted by Gasteiger charge is -2.41. The molecule has 0 bridgehead atoms. The molecule has 2 unspecified atom stereocenters. The number of nitrogens with one attached hydrogen (secondary N) is 1. The van der Waals surface area contributed by atoms with Crippen molar-refractivity contribution >= 4 is 11.6 Å². The summed E-state index contributed by atoms with van der Waals surface area (Å²) >= 11 is 0. The molecule has 1 aromatic heterocycles. The molecule has 0 saturated carbocycles. The third-order valence-electron chi connectivity index (χ3n) is 3.72. The highest BCUT2D eigenvalue weighted by atomic mass is 16.5. The average Bonchev–Trinajstić information content (AvgIpc) is 2.57. The molecule has 0 aliphatic carbocycles. The third-order valence-corrected chi connectivity index (χ3v) is 3.72. The second-order valence-electron chi connectivity index (χ2n) is 5.11. The Bertz CT molecular complexity index is 505. The van der Waals surface area contributed by atoms with Gasteiger partial charge < -0.3 is 20.7 Å². The number of rotatable bonds is 1. The van der Waals surface area contributed by atoms with Gasteiger partial charge in [0.25, 0.3) is 5.91 Å². The van der Waals surface area contributed by atoms with E-state index in [0.29, 0.717) is 31.0 Å². The lowest BCUT2D eigenvalue weighted by molar-refractivity contribution is 0.0988. The van der Waals surface area contributed by atoms with Gasteiger partial charge in [-0.3, -0.25) is 4.79 Å². The molecule has 19 heavy (non-hydrogen) atoms. The fourth-order valence-corrected chi connectivity index (χ4v) is 2.85. The van der Waals surface area contributed by atoms with Crippen LogP contribution in [0, 0.1) is 0 Å². The van der Waals surface area contributed by atoms with E-state index < -0.39 is 5.91 Å². The molecule has 2 atom stereocenters. The second kappa shape index (κ2) is 4.79. The van der Waals surface area contributed by atoms with Crippen molar-refractivity contribution in [2.24, 2.45) is 5.73 Å². The Balaban J connectivity index is 2.03. The summed E-state index contributed by atoms with van der Waals surface area (Å²) in [5.41, 5.74) is 7.43. The molecule has 0 radical (unpaired) electrons. The van der Waals surface area contributed by atoms with Gasteiger partial charge in [0.15, 0.2) is 0 Å². The summed E-state index contributed by atoms with van der Waals surface area (Å²) in [6, 6.07) is 4.32. The topological polar surface area (TPSA) is 80.5 Å². The zero-order chi connectivity index (χ0) is 13.4. The second-order valence-corrected chi connectivity index (χ2v) is 5.11. The largest absolute Gasteiger partial charge is 0.373 e. The van der Waals surface area contributed by atoms with Crippen LogP contribution in [-0.2, 0) is 11.3 Å². The first-order valence-electron chi connectivity index (χ1n) is 6.53. The molecule has 0 aromatic carbocycles. The van der Waals surface area contributed by atoms with Gasteiger partial charge in [-0.05, 0) is 19.1 Å². The lowest BCUT2D eigenvalue weighted by Crippen LogP contribution is -2.57. The Kier molecular flexibility index (Phi) is 3.12. The quantitative estimate of drug-likeness (QED) is 0.737. The minimum atomic E-state index is -0.503. The highest BCUT2D eigenvalue weighted by Gasteiger charge is 2.32. The van der Waals surface area contributed by atoms with E-state index in [1.165, 1.54) is 0 Å². The molecule has 102 valence electrons. The molecule has 1 saturated heterocycles. The third kappa shape index (κ3) is 2.17. The van der Waals surface area contributed by atoms with Crippen molar-refractivity contribution in [3.05, 3.63) is 23.5 Å². The van der Waals surface area contributed by atoms with E-state index in [-0.39, 0.29) is 0 Å². The molecule has 3 heterocycles. The van der Waals surface area contributed by atoms with Crippen LogP contribution in [0.4, 0.5) is 5.69 Å². The fraction of sp³-hybridized carbons (Fsp3) is 0.538. The minimum absolute atomic E-state index is 0.295. The van der Waals surface area contributed by atoms with Crippen molar-refractivity contribution in [3.63, 3.8) is 0 Å². The van der Waals surface area contributed by atoms with Crippen LogP contribution in [0.15, 0.2) is 12.1 Å². The van der Waals surface area contributed by atoms with Crippen molar-refractivity contribution < 1.29 is 9.53 Å². The van der Waals surface area contributed by atoms with Crippen LogP contribution >= 0.6 is 0 Å². The van der Waals surface area contributed by atoms with E-state index in [4.69, 9.17) is 10.5 Å². The number of piperazine rings is 1. The molecular weight excluding hydrogens is 244 g/mol. The van der Waals surface area contributed by atoms with Crippen LogP contribution in [0.25, 0.3) is 0 Å². The van der Waals surface area contributed by atoms with Gasteiger partial charge in [0.05, 0.1) is 30.6 Å². The van der Waals surface area contributed by atoms with Gasteiger partial charge in [-0.1, -0.05) is 0 Å². The van der Waals surface area contributed by atoms with Crippen LogP contribution in [0.5, 0.6) is 0 Å². The molecule has 1 aromatic rings. The van der Waals surface area contributed by atoms with Crippen LogP contribution in [0.1, 0.15) is 23.1 Å². The molecule has 3 N–H and O–H groups in total. The lowest BCUT2D eigenvalue weighted by atomic mass is 10.1. The zero-order valence-corrected chi connectivity index (χ0v) is 10.9. The minimum Gasteiger partial charge on any atom is -0.373 e.